The Morgan fingerprint density at radius 2 is 1.96 bits per heavy atom. The first-order valence-electron chi connectivity index (χ1n) is 9.72. The highest BCUT2D eigenvalue weighted by Gasteiger charge is 2.50. The molecule has 6 rings (SSSR count). The molecule has 0 aromatic heterocycles. The van der Waals surface area contributed by atoms with Gasteiger partial charge in [0.25, 0.3) is 0 Å². The number of hydrogen-bond donors (Lipinski definition) is 0. The number of para-hydroxylation sites is 1. The summed E-state index contributed by atoms with van der Waals surface area (Å²) in [6, 6.07) is 12.6. The van der Waals surface area contributed by atoms with E-state index in [0.717, 1.165) is 35.9 Å². The van der Waals surface area contributed by atoms with E-state index in [1.54, 1.807) is 0 Å². The number of carbonyl (C=O) groups is 1. The van der Waals surface area contributed by atoms with E-state index in [9.17, 15) is 4.79 Å². The third kappa shape index (κ3) is 2.27. The van der Waals surface area contributed by atoms with Crippen molar-refractivity contribution in [1.29, 1.82) is 0 Å². The molecule has 1 fully saturated rings. The van der Waals surface area contributed by atoms with Crippen LogP contribution < -0.4 is 14.4 Å². The molecule has 2 aromatic carbocycles. The normalized spacial score (nSPS) is 24.7. The molecule has 5 nitrogen and oxygen atoms in total. The van der Waals surface area contributed by atoms with Crippen molar-refractivity contribution in [3.8, 4) is 11.5 Å². The van der Waals surface area contributed by atoms with Gasteiger partial charge < -0.3 is 19.1 Å². The van der Waals surface area contributed by atoms with Crippen LogP contribution in [0.5, 0.6) is 11.5 Å². The van der Waals surface area contributed by atoms with E-state index in [1.807, 2.05) is 12.1 Å². The molecule has 1 atom stereocenters. The van der Waals surface area contributed by atoms with Gasteiger partial charge in [-0.25, -0.2) is 4.79 Å². The summed E-state index contributed by atoms with van der Waals surface area (Å²) in [5, 5.41) is 0. The Kier molecular flexibility index (Phi) is 3.08. The second-order valence-corrected chi connectivity index (χ2v) is 8.14. The van der Waals surface area contributed by atoms with Crippen LogP contribution in [0, 0.1) is 5.92 Å². The molecule has 5 heteroatoms. The third-order valence-electron chi connectivity index (χ3n) is 6.42. The predicted octanol–water partition coefficient (Wildman–Crippen LogP) is 4.01. The molecule has 3 aliphatic heterocycles. The maximum Gasteiger partial charge on any atom is 0.514 e. The van der Waals surface area contributed by atoms with Crippen molar-refractivity contribution in [3.05, 3.63) is 53.1 Å². The Morgan fingerprint density at radius 1 is 1.07 bits per heavy atom. The molecule has 0 amide bonds. The average Bonchev–Trinajstić information content (AvgIpc) is 3.38. The minimum Gasteiger partial charge on any atom is -0.492 e. The third-order valence-corrected chi connectivity index (χ3v) is 6.42. The number of rotatable bonds is 3. The summed E-state index contributed by atoms with van der Waals surface area (Å²) >= 11 is 0. The molecule has 138 valence electrons. The van der Waals surface area contributed by atoms with Gasteiger partial charge in [-0.05, 0) is 36.1 Å². The maximum absolute atomic E-state index is 11.6. The zero-order valence-electron chi connectivity index (χ0n) is 15.1. The highest BCUT2D eigenvalue weighted by Crippen LogP contribution is 2.53. The lowest BCUT2D eigenvalue weighted by Gasteiger charge is -2.26. The van der Waals surface area contributed by atoms with Gasteiger partial charge in [0, 0.05) is 29.9 Å². The molecule has 1 unspecified atom stereocenters. The topological polar surface area (TPSA) is 48.0 Å². The average molecular weight is 363 g/mol. The van der Waals surface area contributed by atoms with E-state index >= 15 is 0 Å². The number of carbonyl (C=O) groups excluding carboxylic acids is 1. The largest absolute Gasteiger partial charge is 0.514 e. The van der Waals surface area contributed by atoms with Crippen LogP contribution in [0.1, 0.15) is 36.0 Å². The monoisotopic (exact) mass is 363 g/mol. The van der Waals surface area contributed by atoms with Crippen molar-refractivity contribution in [2.45, 2.75) is 31.3 Å². The molecular weight excluding hydrogens is 342 g/mol. The molecule has 0 saturated heterocycles. The van der Waals surface area contributed by atoms with Crippen molar-refractivity contribution in [1.82, 2.24) is 0 Å². The van der Waals surface area contributed by atoms with E-state index in [0.29, 0.717) is 12.4 Å². The Balaban J connectivity index is 1.43. The summed E-state index contributed by atoms with van der Waals surface area (Å²) in [6.45, 7) is 2.86. The van der Waals surface area contributed by atoms with Gasteiger partial charge >= 0.3 is 6.16 Å². The first-order chi connectivity index (χ1) is 13.2. The molecule has 1 aliphatic carbocycles. The predicted molar refractivity (Wildman–Crippen MR) is 99.5 cm³/mol. The first kappa shape index (κ1) is 15.4. The van der Waals surface area contributed by atoms with Crippen LogP contribution in [0.4, 0.5) is 10.5 Å². The maximum atomic E-state index is 11.6. The summed E-state index contributed by atoms with van der Waals surface area (Å²) in [4.78, 5) is 14.1. The number of anilines is 1. The number of benzene rings is 2. The van der Waals surface area contributed by atoms with Crippen molar-refractivity contribution in [3.63, 3.8) is 0 Å². The first-order valence-corrected chi connectivity index (χ1v) is 9.72. The van der Waals surface area contributed by atoms with Gasteiger partial charge in [-0.3, -0.25) is 0 Å². The van der Waals surface area contributed by atoms with Gasteiger partial charge in [0.1, 0.15) is 24.7 Å². The number of nitrogens with zero attached hydrogens (tertiary/aromatic N) is 1. The summed E-state index contributed by atoms with van der Waals surface area (Å²) < 4.78 is 16.5. The van der Waals surface area contributed by atoms with E-state index < -0.39 is 6.16 Å². The highest BCUT2D eigenvalue weighted by atomic mass is 16.7. The number of hydrogen-bond acceptors (Lipinski definition) is 5. The van der Waals surface area contributed by atoms with Gasteiger partial charge in [0.15, 0.2) is 0 Å². The van der Waals surface area contributed by atoms with Crippen LogP contribution in [-0.2, 0) is 16.8 Å². The van der Waals surface area contributed by atoms with Crippen LogP contribution in [0.3, 0.4) is 0 Å². The van der Waals surface area contributed by atoms with Gasteiger partial charge in [-0.15, -0.1) is 0 Å². The fourth-order valence-corrected chi connectivity index (χ4v) is 4.79. The summed E-state index contributed by atoms with van der Waals surface area (Å²) in [5.41, 5.74) is 4.42. The number of ether oxygens (including phenoxy) is 3. The highest BCUT2D eigenvalue weighted by molar-refractivity contribution is 5.72. The Morgan fingerprint density at radius 3 is 2.85 bits per heavy atom. The minimum atomic E-state index is -0.631. The lowest BCUT2D eigenvalue weighted by atomic mass is 9.77. The van der Waals surface area contributed by atoms with E-state index in [1.165, 1.54) is 30.5 Å². The Bertz CT molecular complexity index is 951. The number of fused-ring (bicyclic) bond motifs is 5. The van der Waals surface area contributed by atoms with Crippen molar-refractivity contribution in [2.75, 3.05) is 24.6 Å². The smallest absolute Gasteiger partial charge is 0.492 e. The van der Waals surface area contributed by atoms with Crippen LogP contribution >= 0.6 is 0 Å². The van der Waals surface area contributed by atoms with E-state index in [-0.39, 0.29) is 12.0 Å². The van der Waals surface area contributed by atoms with Crippen LogP contribution in [0.2, 0.25) is 0 Å². The zero-order chi connectivity index (χ0) is 18.0. The second kappa shape index (κ2) is 5.41. The second-order valence-electron chi connectivity index (χ2n) is 8.14. The van der Waals surface area contributed by atoms with Crippen molar-refractivity contribution < 1.29 is 19.0 Å². The lowest BCUT2D eigenvalue weighted by molar-refractivity contribution is 0.0784. The molecule has 1 spiro atoms. The quantitative estimate of drug-likeness (QED) is 0.609. The molecule has 1 saturated carbocycles. The van der Waals surface area contributed by atoms with E-state index in [4.69, 9.17) is 14.2 Å². The zero-order valence-corrected chi connectivity index (χ0v) is 15.1. The summed E-state index contributed by atoms with van der Waals surface area (Å²) in [7, 11) is 0. The molecule has 0 bridgehead atoms. The molecule has 0 N–H and O–H groups in total. The van der Waals surface area contributed by atoms with Gasteiger partial charge in [-0.2, -0.15) is 0 Å². The van der Waals surface area contributed by atoms with Crippen molar-refractivity contribution >= 4 is 11.8 Å². The molecule has 4 aliphatic rings. The standard InChI is InChI=1S/C22H21NO4/c24-21-25-11-15-9-20-17(10-19(15)27-21)22(13-26-20)12-23(8-7-14-5-6-14)18-4-2-1-3-16(18)22/h1-4,9-10,14H,5-8,11-13H2. The van der Waals surface area contributed by atoms with Gasteiger partial charge in [0.05, 0.1) is 5.41 Å². The summed E-state index contributed by atoms with van der Waals surface area (Å²) in [5.74, 6) is 2.39. The minimum absolute atomic E-state index is 0.199. The van der Waals surface area contributed by atoms with Crippen LogP contribution in [0.15, 0.2) is 36.4 Å². The lowest BCUT2D eigenvalue weighted by Crippen LogP contribution is -2.36. The molecule has 3 heterocycles. The molecule has 2 aromatic rings. The van der Waals surface area contributed by atoms with E-state index in [2.05, 4.69) is 29.2 Å². The number of cyclic esters (lactones) is 1. The van der Waals surface area contributed by atoms with Crippen LogP contribution in [-0.4, -0.2) is 25.9 Å². The fraction of sp³-hybridized carbons (Fsp3) is 0.409. The molecule has 27 heavy (non-hydrogen) atoms. The molecule has 0 radical (unpaired) electrons. The Labute approximate surface area is 157 Å². The fourth-order valence-electron chi connectivity index (χ4n) is 4.79. The van der Waals surface area contributed by atoms with Gasteiger partial charge in [0.2, 0.25) is 0 Å². The van der Waals surface area contributed by atoms with Crippen LogP contribution in [0.25, 0.3) is 0 Å². The Hall–Kier alpha value is -2.69. The molecular formula is C22H21NO4. The SMILES string of the molecule is O=C1OCc2cc3c(cc2O1)C1(CO3)CN(CCC2CC2)c2ccccc21. The summed E-state index contributed by atoms with van der Waals surface area (Å²) in [6.07, 6.45) is 3.39. The van der Waals surface area contributed by atoms with Crippen molar-refractivity contribution in [2.24, 2.45) is 5.92 Å². The van der Waals surface area contributed by atoms with Gasteiger partial charge in [-0.1, -0.05) is 31.0 Å².